The number of hydrogen-bond acceptors (Lipinski definition) is 4. The molecule has 96 valence electrons. The van der Waals surface area contributed by atoms with Crippen LogP contribution >= 0.6 is 0 Å². The minimum Gasteiger partial charge on any atom is -0.339 e. The molecule has 0 aromatic carbocycles. The predicted molar refractivity (Wildman–Crippen MR) is 66.5 cm³/mol. The maximum Gasteiger partial charge on any atom is 0.229 e. The smallest absolute Gasteiger partial charge is 0.229 e. The summed E-state index contributed by atoms with van der Waals surface area (Å²) in [5, 5.41) is 4.05. The van der Waals surface area contributed by atoms with Gasteiger partial charge < -0.3 is 10.3 Å². The molecule has 1 fully saturated rings. The predicted octanol–water partition coefficient (Wildman–Crippen LogP) is 3.16. The molecule has 2 rings (SSSR count). The lowest BCUT2D eigenvalue weighted by molar-refractivity contribution is 0.331. The summed E-state index contributed by atoms with van der Waals surface area (Å²) in [6.45, 7) is 4.38. The first-order valence-corrected chi connectivity index (χ1v) is 6.85. The molecule has 4 heteroatoms. The van der Waals surface area contributed by atoms with Crippen LogP contribution in [0.15, 0.2) is 4.52 Å². The molecule has 1 aromatic rings. The van der Waals surface area contributed by atoms with Gasteiger partial charge in [-0.15, -0.1) is 0 Å². The number of rotatable bonds is 7. The Hall–Kier alpha value is -0.900. The molecule has 0 aliphatic heterocycles. The van der Waals surface area contributed by atoms with Crippen molar-refractivity contribution in [2.45, 2.75) is 64.3 Å². The van der Waals surface area contributed by atoms with Crippen LogP contribution in [0.4, 0.5) is 0 Å². The van der Waals surface area contributed by atoms with Crippen LogP contribution in [0.3, 0.4) is 0 Å². The molecular weight excluding hydrogens is 214 g/mol. The summed E-state index contributed by atoms with van der Waals surface area (Å²) >= 11 is 0. The summed E-state index contributed by atoms with van der Waals surface area (Å²) in [6, 6.07) is -0.0172. The average molecular weight is 237 g/mol. The molecule has 1 unspecified atom stereocenters. The molecule has 0 bridgehead atoms. The van der Waals surface area contributed by atoms with Crippen molar-refractivity contribution in [3.63, 3.8) is 0 Å². The fourth-order valence-corrected chi connectivity index (χ4v) is 2.30. The van der Waals surface area contributed by atoms with Crippen molar-refractivity contribution in [2.75, 3.05) is 0 Å². The van der Waals surface area contributed by atoms with Gasteiger partial charge in [-0.3, -0.25) is 0 Å². The summed E-state index contributed by atoms with van der Waals surface area (Å²) in [7, 11) is 0. The molecule has 1 saturated carbocycles. The van der Waals surface area contributed by atoms with Crippen molar-refractivity contribution < 1.29 is 4.52 Å². The van der Waals surface area contributed by atoms with Crippen molar-refractivity contribution in [3.05, 3.63) is 11.7 Å². The first-order valence-electron chi connectivity index (χ1n) is 6.85. The fraction of sp³-hybridized carbons (Fsp3) is 0.846. The number of nitrogens with two attached hydrogens (primary N) is 1. The van der Waals surface area contributed by atoms with Gasteiger partial charge in [0.1, 0.15) is 0 Å². The Morgan fingerprint density at radius 3 is 2.47 bits per heavy atom. The van der Waals surface area contributed by atoms with E-state index >= 15 is 0 Å². The quantitative estimate of drug-likeness (QED) is 0.791. The van der Waals surface area contributed by atoms with Crippen LogP contribution in [0, 0.1) is 5.92 Å². The van der Waals surface area contributed by atoms with Crippen molar-refractivity contribution in [3.8, 4) is 0 Å². The lowest BCUT2D eigenvalue weighted by Gasteiger charge is -2.09. The second-order valence-electron chi connectivity index (χ2n) is 5.13. The molecule has 2 N–H and O–H groups in total. The SMILES string of the molecule is CCCC(CCC)c1nc(C(N)C2CC2)no1. The Morgan fingerprint density at radius 1 is 1.29 bits per heavy atom. The Balaban J connectivity index is 2.03. The van der Waals surface area contributed by atoms with Gasteiger partial charge in [0, 0.05) is 5.92 Å². The highest BCUT2D eigenvalue weighted by Crippen LogP contribution is 2.38. The van der Waals surface area contributed by atoms with Crippen molar-refractivity contribution in [1.82, 2.24) is 10.1 Å². The normalized spacial score (nSPS) is 17.6. The van der Waals surface area contributed by atoms with E-state index in [4.69, 9.17) is 10.3 Å². The van der Waals surface area contributed by atoms with E-state index in [1.165, 1.54) is 12.8 Å². The molecular formula is C13H23N3O. The Bertz CT molecular complexity index is 340. The van der Waals surface area contributed by atoms with E-state index in [2.05, 4.69) is 24.0 Å². The van der Waals surface area contributed by atoms with Crippen LogP contribution in [0.25, 0.3) is 0 Å². The standard InChI is InChI=1S/C13H23N3O/c1-3-5-10(6-4-2)13-15-12(16-17-13)11(14)9-7-8-9/h9-11H,3-8,14H2,1-2H3. The van der Waals surface area contributed by atoms with Gasteiger partial charge in [0.05, 0.1) is 6.04 Å². The van der Waals surface area contributed by atoms with E-state index in [1.807, 2.05) is 0 Å². The molecule has 1 heterocycles. The van der Waals surface area contributed by atoms with Crippen molar-refractivity contribution >= 4 is 0 Å². The van der Waals surface area contributed by atoms with Gasteiger partial charge in [-0.05, 0) is 31.6 Å². The van der Waals surface area contributed by atoms with E-state index in [9.17, 15) is 0 Å². The Morgan fingerprint density at radius 2 is 1.94 bits per heavy atom. The topological polar surface area (TPSA) is 64.9 Å². The van der Waals surface area contributed by atoms with Gasteiger partial charge in [0.2, 0.25) is 5.89 Å². The van der Waals surface area contributed by atoms with Gasteiger partial charge in [-0.2, -0.15) is 4.98 Å². The summed E-state index contributed by atoms with van der Waals surface area (Å²) in [5.74, 6) is 2.49. The molecule has 0 radical (unpaired) electrons. The summed E-state index contributed by atoms with van der Waals surface area (Å²) < 4.78 is 5.39. The first-order chi connectivity index (χ1) is 8.26. The third kappa shape index (κ3) is 3.06. The van der Waals surface area contributed by atoms with Gasteiger partial charge in [-0.1, -0.05) is 31.8 Å². The largest absolute Gasteiger partial charge is 0.339 e. The second kappa shape index (κ2) is 5.63. The van der Waals surface area contributed by atoms with Gasteiger partial charge in [-0.25, -0.2) is 0 Å². The average Bonchev–Trinajstić information content (AvgIpc) is 3.05. The molecule has 0 spiro atoms. The van der Waals surface area contributed by atoms with Crippen LogP contribution in [0.5, 0.6) is 0 Å². The van der Waals surface area contributed by atoms with Crippen LogP contribution in [-0.2, 0) is 0 Å². The van der Waals surface area contributed by atoms with Crippen LogP contribution in [0.2, 0.25) is 0 Å². The highest BCUT2D eigenvalue weighted by Gasteiger charge is 2.33. The van der Waals surface area contributed by atoms with E-state index in [1.54, 1.807) is 0 Å². The second-order valence-corrected chi connectivity index (χ2v) is 5.13. The van der Waals surface area contributed by atoms with Crippen molar-refractivity contribution in [1.29, 1.82) is 0 Å². The first kappa shape index (κ1) is 12.6. The van der Waals surface area contributed by atoms with Crippen LogP contribution in [0.1, 0.15) is 76.0 Å². The molecule has 1 atom stereocenters. The molecule has 1 aliphatic carbocycles. The number of nitrogens with zero attached hydrogens (tertiary/aromatic N) is 2. The maximum atomic E-state index is 6.08. The highest BCUT2D eigenvalue weighted by atomic mass is 16.5. The number of hydrogen-bond donors (Lipinski definition) is 1. The lowest BCUT2D eigenvalue weighted by Crippen LogP contribution is -2.14. The van der Waals surface area contributed by atoms with E-state index < -0.39 is 0 Å². The zero-order chi connectivity index (χ0) is 12.3. The zero-order valence-electron chi connectivity index (χ0n) is 10.9. The minimum atomic E-state index is -0.0172. The zero-order valence-corrected chi connectivity index (χ0v) is 10.9. The third-order valence-corrected chi connectivity index (χ3v) is 3.51. The van der Waals surface area contributed by atoms with E-state index in [0.717, 1.165) is 31.6 Å². The van der Waals surface area contributed by atoms with Crippen LogP contribution in [-0.4, -0.2) is 10.1 Å². The minimum absolute atomic E-state index is 0.0172. The molecule has 4 nitrogen and oxygen atoms in total. The van der Waals surface area contributed by atoms with Gasteiger partial charge in [0.25, 0.3) is 0 Å². The summed E-state index contributed by atoms with van der Waals surface area (Å²) in [5.41, 5.74) is 6.08. The summed E-state index contributed by atoms with van der Waals surface area (Å²) in [4.78, 5) is 4.51. The van der Waals surface area contributed by atoms with Crippen LogP contribution < -0.4 is 5.73 Å². The molecule has 0 saturated heterocycles. The Kier molecular flexibility index (Phi) is 4.15. The lowest BCUT2D eigenvalue weighted by atomic mass is 9.98. The molecule has 1 aromatic heterocycles. The number of aromatic nitrogens is 2. The third-order valence-electron chi connectivity index (χ3n) is 3.51. The van der Waals surface area contributed by atoms with E-state index in [-0.39, 0.29) is 6.04 Å². The monoisotopic (exact) mass is 237 g/mol. The molecule has 0 amide bonds. The Labute approximate surface area is 103 Å². The fourth-order valence-electron chi connectivity index (χ4n) is 2.30. The molecule has 1 aliphatic rings. The van der Waals surface area contributed by atoms with Gasteiger partial charge >= 0.3 is 0 Å². The van der Waals surface area contributed by atoms with Crippen molar-refractivity contribution in [2.24, 2.45) is 11.7 Å². The maximum absolute atomic E-state index is 6.08. The molecule has 17 heavy (non-hydrogen) atoms. The summed E-state index contributed by atoms with van der Waals surface area (Å²) in [6.07, 6.45) is 6.95. The van der Waals surface area contributed by atoms with Gasteiger partial charge in [0.15, 0.2) is 5.82 Å². The van der Waals surface area contributed by atoms with E-state index in [0.29, 0.717) is 17.7 Å². The highest BCUT2D eigenvalue weighted by molar-refractivity contribution is 5.02.